The summed E-state index contributed by atoms with van der Waals surface area (Å²) < 4.78 is 43.3. The molecule has 0 fully saturated rings. The third-order valence-electron chi connectivity index (χ3n) is 3.35. The lowest BCUT2D eigenvalue weighted by Gasteiger charge is -2.19. The van der Waals surface area contributed by atoms with Crippen LogP contribution in [0.3, 0.4) is 0 Å². The Kier molecular flexibility index (Phi) is 4.93. The number of ether oxygens (including phenoxy) is 1. The summed E-state index contributed by atoms with van der Waals surface area (Å²) >= 11 is 0. The van der Waals surface area contributed by atoms with Crippen LogP contribution >= 0.6 is 0 Å². The Morgan fingerprint density at radius 2 is 1.78 bits per heavy atom. The van der Waals surface area contributed by atoms with Crippen molar-refractivity contribution in [1.82, 2.24) is 0 Å². The Hall–Kier alpha value is -2.50. The van der Waals surface area contributed by atoms with Gasteiger partial charge in [-0.05, 0) is 29.7 Å². The summed E-state index contributed by atoms with van der Waals surface area (Å²) in [5.74, 6) is -1.30. The normalized spacial score (nSPS) is 11.3. The van der Waals surface area contributed by atoms with Gasteiger partial charge in [0.05, 0.1) is 5.56 Å². The highest BCUT2D eigenvalue weighted by atomic mass is 19.3. The van der Waals surface area contributed by atoms with Gasteiger partial charge in [-0.3, -0.25) is 0 Å². The number of carbonyl (C=O) groups is 1. The van der Waals surface area contributed by atoms with Gasteiger partial charge in [-0.2, -0.15) is 8.78 Å². The van der Waals surface area contributed by atoms with Crippen molar-refractivity contribution >= 4 is 5.97 Å². The highest BCUT2D eigenvalue weighted by Crippen LogP contribution is 2.36. The second-order valence-corrected chi connectivity index (χ2v) is 4.86. The number of aromatic carboxylic acids is 1. The SMILES string of the molecule is CCc1c(C(=O)O)cccc1-c1ccccc1OC(F)(F)CF. The smallest absolute Gasteiger partial charge is 0.427 e. The zero-order valence-corrected chi connectivity index (χ0v) is 12.4. The van der Waals surface area contributed by atoms with Crippen LogP contribution in [0, 0.1) is 0 Å². The summed E-state index contributed by atoms with van der Waals surface area (Å²) in [7, 11) is 0. The number of alkyl halides is 3. The average molecular weight is 324 g/mol. The topological polar surface area (TPSA) is 46.5 Å². The van der Waals surface area contributed by atoms with E-state index in [1.807, 2.05) is 0 Å². The molecular weight excluding hydrogens is 309 g/mol. The minimum atomic E-state index is -3.94. The van der Waals surface area contributed by atoms with Crippen molar-refractivity contribution in [3.63, 3.8) is 0 Å². The Labute approximate surface area is 131 Å². The van der Waals surface area contributed by atoms with E-state index in [-0.39, 0.29) is 11.3 Å². The maximum Gasteiger partial charge on any atom is 0.427 e. The first-order valence-electron chi connectivity index (χ1n) is 6.97. The first kappa shape index (κ1) is 16.9. The number of rotatable bonds is 6. The third kappa shape index (κ3) is 3.64. The van der Waals surface area contributed by atoms with Gasteiger partial charge in [-0.25, -0.2) is 9.18 Å². The van der Waals surface area contributed by atoms with E-state index in [4.69, 9.17) is 0 Å². The molecule has 6 heteroatoms. The van der Waals surface area contributed by atoms with Gasteiger partial charge >= 0.3 is 12.1 Å². The van der Waals surface area contributed by atoms with Gasteiger partial charge in [-0.15, -0.1) is 0 Å². The summed E-state index contributed by atoms with van der Waals surface area (Å²) in [5, 5.41) is 9.26. The van der Waals surface area contributed by atoms with Crippen molar-refractivity contribution in [3.05, 3.63) is 53.6 Å². The molecule has 122 valence electrons. The quantitative estimate of drug-likeness (QED) is 0.847. The molecule has 0 unspecified atom stereocenters. The lowest BCUT2D eigenvalue weighted by molar-refractivity contribution is -0.186. The van der Waals surface area contributed by atoms with Crippen molar-refractivity contribution in [1.29, 1.82) is 0 Å². The van der Waals surface area contributed by atoms with Crippen molar-refractivity contribution in [2.45, 2.75) is 19.5 Å². The first-order chi connectivity index (χ1) is 10.9. The predicted octanol–water partition coefficient (Wildman–Crippen LogP) is 4.56. The first-order valence-corrected chi connectivity index (χ1v) is 6.97. The molecule has 0 aliphatic rings. The second-order valence-electron chi connectivity index (χ2n) is 4.86. The van der Waals surface area contributed by atoms with Crippen LogP contribution in [0.2, 0.25) is 0 Å². The lowest BCUT2D eigenvalue weighted by Crippen LogP contribution is -2.27. The molecule has 0 amide bonds. The van der Waals surface area contributed by atoms with Crippen molar-refractivity contribution < 1.29 is 27.8 Å². The predicted molar refractivity (Wildman–Crippen MR) is 79.8 cm³/mol. The molecule has 2 aromatic carbocycles. The van der Waals surface area contributed by atoms with Crippen molar-refractivity contribution in [3.8, 4) is 16.9 Å². The number of benzene rings is 2. The van der Waals surface area contributed by atoms with Crippen LogP contribution < -0.4 is 4.74 Å². The molecule has 0 heterocycles. The monoisotopic (exact) mass is 324 g/mol. The highest BCUT2D eigenvalue weighted by Gasteiger charge is 2.32. The minimum absolute atomic E-state index is 0.0945. The number of hydrogen-bond donors (Lipinski definition) is 1. The third-order valence-corrected chi connectivity index (χ3v) is 3.35. The molecule has 0 saturated heterocycles. The number of carboxylic acid groups (broad SMARTS) is 1. The molecule has 0 bridgehead atoms. The minimum Gasteiger partial charge on any atom is -0.478 e. The van der Waals surface area contributed by atoms with Crippen LogP contribution in [0.5, 0.6) is 5.75 Å². The van der Waals surface area contributed by atoms with Gasteiger partial charge in [0.2, 0.25) is 0 Å². The van der Waals surface area contributed by atoms with Crippen LogP contribution in [0.25, 0.3) is 11.1 Å². The molecule has 0 radical (unpaired) electrons. The van der Waals surface area contributed by atoms with Crippen LogP contribution in [-0.4, -0.2) is 23.9 Å². The van der Waals surface area contributed by atoms with Crippen molar-refractivity contribution in [2.24, 2.45) is 0 Å². The van der Waals surface area contributed by atoms with Gasteiger partial charge in [0.15, 0.2) is 6.67 Å². The molecule has 0 aliphatic carbocycles. The van der Waals surface area contributed by atoms with Gasteiger partial charge in [0, 0.05) is 5.56 Å². The molecule has 2 aromatic rings. The lowest BCUT2D eigenvalue weighted by atomic mass is 9.93. The molecule has 0 atom stereocenters. The Bertz CT molecular complexity index is 714. The molecule has 23 heavy (non-hydrogen) atoms. The second kappa shape index (κ2) is 6.73. The Morgan fingerprint density at radius 3 is 2.39 bits per heavy atom. The zero-order valence-electron chi connectivity index (χ0n) is 12.4. The van der Waals surface area contributed by atoms with Crippen LogP contribution in [0.15, 0.2) is 42.5 Å². The van der Waals surface area contributed by atoms with E-state index in [1.165, 1.54) is 30.3 Å². The number of hydrogen-bond acceptors (Lipinski definition) is 2. The fourth-order valence-corrected chi connectivity index (χ4v) is 2.39. The maximum absolute atomic E-state index is 13.2. The van der Waals surface area contributed by atoms with E-state index in [2.05, 4.69) is 4.74 Å². The van der Waals surface area contributed by atoms with Crippen LogP contribution in [0.4, 0.5) is 13.2 Å². The fourth-order valence-electron chi connectivity index (χ4n) is 2.39. The van der Waals surface area contributed by atoms with E-state index in [1.54, 1.807) is 19.1 Å². The van der Waals surface area contributed by atoms with Crippen LogP contribution in [0.1, 0.15) is 22.8 Å². The summed E-state index contributed by atoms with van der Waals surface area (Å²) in [6, 6.07) is 10.5. The van der Waals surface area contributed by atoms with E-state index < -0.39 is 18.8 Å². The molecular formula is C17H15F3O3. The molecule has 1 N–H and O–H groups in total. The number of halogens is 3. The molecule has 0 saturated carbocycles. The molecule has 3 nitrogen and oxygen atoms in total. The molecule has 0 aliphatic heterocycles. The summed E-state index contributed by atoms with van der Waals surface area (Å²) in [6.07, 6.45) is -3.54. The van der Waals surface area contributed by atoms with Crippen LogP contribution in [-0.2, 0) is 6.42 Å². The van der Waals surface area contributed by atoms with Gasteiger partial charge in [-0.1, -0.05) is 37.3 Å². The zero-order chi connectivity index (χ0) is 17.0. The van der Waals surface area contributed by atoms with Gasteiger partial charge in [0.1, 0.15) is 5.75 Å². The standard InChI is InChI=1S/C17H15F3O3/c1-2-11-12(7-5-8-14(11)16(21)22)13-6-3-4-9-15(13)23-17(19,20)10-18/h3-9H,2,10H2,1H3,(H,21,22). The summed E-state index contributed by atoms with van der Waals surface area (Å²) in [5.41, 5.74) is 1.36. The number of carboxylic acids is 1. The number of para-hydroxylation sites is 1. The Balaban J connectivity index is 2.60. The van der Waals surface area contributed by atoms with Crippen molar-refractivity contribution in [2.75, 3.05) is 6.67 Å². The fraction of sp³-hybridized carbons (Fsp3) is 0.235. The van der Waals surface area contributed by atoms with Gasteiger partial charge in [0.25, 0.3) is 0 Å². The largest absolute Gasteiger partial charge is 0.478 e. The van der Waals surface area contributed by atoms with E-state index in [0.29, 0.717) is 23.1 Å². The summed E-state index contributed by atoms with van der Waals surface area (Å²) in [4.78, 5) is 11.3. The van der Waals surface area contributed by atoms with E-state index >= 15 is 0 Å². The molecule has 2 rings (SSSR count). The van der Waals surface area contributed by atoms with E-state index in [9.17, 15) is 23.1 Å². The van der Waals surface area contributed by atoms with E-state index in [0.717, 1.165) is 0 Å². The molecule has 0 spiro atoms. The average Bonchev–Trinajstić information content (AvgIpc) is 2.54. The maximum atomic E-state index is 13.2. The van der Waals surface area contributed by atoms with Gasteiger partial charge < -0.3 is 9.84 Å². The molecule has 0 aromatic heterocycles. The Morgan fingerprint density at radius 1 is 1.13 bits per heavy atom. The highest BCUT2D eigenvalue weighted by molar-refractivity contribution is 5.92. The summed E-state index contributed by atoms with van der Waals surface area (Å²) in [6.45, 7) is -0.179.